The summed E-state index contributed by atoms with van der Waals surface area (Å²) in [5.41, 5.74) is 0.294. The first-order valence-corrected chi connectivity index (χ1v) is 8.64. The second-order valence-electron chi connectivity index (χ2n) is 4.68. The van der Waals surface area contributed by atoms with Crippen LogP contribution in [0.5, 0.6) is 5.75 Å². The van der Waals surface area contributed by atoms with Crippen LogP contribution in [0.2, 0.25) is 0 Å². The summed E-state index contributed by atoms with van der Waals surface area (Å²) in [6, 6.07) is 4.55. The minimum atomic E-state index is -3.97. The summed E-state index contributed by atoms with van der Waals surface area (Å²) in [4.78, 5) is 13.7. The summed E-state index contributed by atoms with van der Waals surface area (Å²) >= 11 is 0. The number of amides is 1. The van der Waals surface area contributed by atoms with Crippen LogP contribution in [0, 0.1) is 0 Å². The quantitative estimate of drug-likeness (QED) is 0.781. The Morgan fingerprint density at radius 1 is 1.45 bits per heavy atom. The zero-order valence-electron chi connectivity index (χ0n) is 11.3. The second-order valence-corrected chi connectivity index (χ2v) is 7.21. The summed E-state index contributed by atoms with van der Waals surface area (Å²) in [5, 5.41) is 0. The standard InChI is InChI=1S/C13H16ClNO4S/c1-3-19-11-7-4-9(8-12(11)20(14,17)18)13(16)15(2)10-5-6-10/h4,7-8,10H,3,5-6H2,1-2H3. The highest BCUT2D eigenvalue weighted by Gasteiger charge is 2.31. The van der Waals surface area contributed by atoms with Gasteiger partial charge in [0.1, 0.15) is 10.6 Å². The van der Waals surface area contributed by atoms with Crippen LogP contribution in [0.4, 0.5) is 0 Å². The average molecular weight is 318 g/mol. The van der Waals surface area contributed by atoms with Crippen LogP contribution in [0.1, 0.15) is 30.1 Å². The molecule has 0 aliphatic heterocycles. The molecule has 1 fully saturated rings. The van der Waals surface area contributed by atoms with E-state index in [9.17, 15) is 13.2 Å². The smallest absolute Gasteiger partial charge is 0.265 e. The molecule has 0 heterocycles. The predicted octanol–water partition coefficient (Wildman–Crippen LogP) is 2.25. The molecule has 1 aromatic rings. The fourth-order valence-electron chi connectivity index (χ4n) is 1.94. The van der Waals surface area contributed by atoms with E-state index in [0.717, 1.165) is 12.8 Å². The third-order valence-electron chi connectivity index (χ3n) is 3.17. The Kier molecular flexibility index (Phi) is 4.25. The zero-order valence-corrected chi connectivity index (χ0v) is 12.9. The van der Waals surface area contributed by atoms with Crippen molar-refractivity contribution >= 4 is 25.6 Å². The first kappa shape index (κ1) is 15.1. The number of hydrogen-bond acceptors (Lipinski definition) is 4. The molecule has 0 atom stereocenters. The van der Waals surface area contributed by atoms with Gasteiger partial charge in [0.25, 0.3) is 15.0 Å². The second kappa shape index (κ2) is 5.61. The number of carbonyl (C=O) groups is 1. The van der Waals surface area contributed by atoms with E-state index >= 15 is 0 Å². The van der Waals surface area contributed by atoms with Crippen molar-refractivity contribution < 1.29 is 17.9 Å². The summed E-state index contributed by atoms with van der Waals surface area (Å²) in [5.74, 6) is -0.0507. The highest BCUT2D eigenvalue weighted by atomic mass is 35.7. The fourth-order valence-corrected chi connectivity index (χ4v) is 2.93. The molecule has 110 valence electrons. The van der Waals surface area contributed by atoms with Crippen molar-refractivity contribution in [1.82, 2.24) is 4.90 Å². The monoisotopic (exact) mass is 317 g/mol. The highest BCUT2D eigenvalue weighted by Crippen LogP contribution is 2.30. The van der Waals surface area contributed by atoms with Gasteiger partial charge in [0.2, 0.25) is 0 Å². The van der Waals surface area contributed by atoms with Gasteiger partial charge in [-0.1, -0.05) is 0 Å². The maximum atomic E-state index is 12.2. The number of halogens is 1. The summed E-state index contributed by atoms with van der Waals surface area (Å²) in [7, 11) is 3.15. The number of carbonyl (C=O) groups excluding carboxylic acids is 1. The van der Waals surface area contributed by atoms with E-state index in [0.29, 0.717) is 12.2 Å². The molecule has 5 nitrogen and oxygen atoms in total. The molecule has 20 heavy (non-hydrogen) atoms. The Bertz CT molecular complexity index is 625. The molecule has 0 unspecified atom stereocenters. The summed E-state index contributed by atoms with van der Waals surface area (Å²) in [6.45, 7) is 2.05. The Morgan fingerprint density at radius 3 is 2.60 bits per heavy atom. The lowest BCUT2D eigenvalue weighted by atomic mass is 10.2. The molecule has 1 saturated carbocycles. The van der Waals surface area contributed by atoms with Gasteiger partial charge in [-0.05, 0) is 38.0 Å². The molecular weight excluding hydrogens is 302 g/mol. The van der Waals surface area contributed by atoms with Crippen LogP contribution >= 0.6 is 10.7 Å². The van der Waals surface area contributed by atoms with Gasteiger partial charge in [0, 0.05) is 29.3 Å². The van der Waals surface area contributed by atoms with Crippen molar-refractivity contribution in [3.63, 3.8) is 0 Å². The fraction of sp³-hybridized carbons (Fsp3) is 0.462. The average Bonchev–Trinajstić information content (AvgIpc) is 3.21. The van der Waals surface area contributed by atoms with Gasteiger partial charge < -0.3 is 9.64 Å². The van der Waals surface area contributed by atoms with Gasteiger partial charge in [-0.15, -0.1) is 0 Å². The van der Waals surface area contributed by atoms with Gasteiger partial charge in [0.15, 0.2) is 0 Å². The Balaban J connectivity index is 2.38. The van der Waals surface area contributed by atoms with E-state index in [4.69, 9.17) is 15.4 Å². The molecule has 0 saturated heterocycles. The van der Waals surface area contributed by atoms with Crippen molar-refractivity contribution in [1.29, 1.82) is 0 Å². The van der Waals surface area contributed by atoms with Crippen LogP contribution in [-0.2, 0) is 9.05 Å². The van der Waals surface area contributed by atoms with Gasteiger partial charge >= 0.3 is 0 Å². The van der Waals surface area contributed by atoms with Crippen molar-refractivity contribution in [3.05, 3.63) is 23.8 Å². The van der Waals surface area contributed by atoms with Gasteiger partial charge in [-0.3, -0.25) is 4.79 Å². The number of benzene rings is 1. The Hall–Kier alpha value is -1.27. The number of ether oxygens (including phenoxy) is 1. The molecule has 0 bridgehead atoms. The van der Waals surface area contributed by atoms with Crippen LogP contribution in [0.3, 0.4) is 0 Å². The minimum Gasteiger partial charge on any atom is -0.492 e. The first-order chi connectivity index (χ1) is 9.34. The van der Waals surface area contributed by atoms with E-state index in [1.54, 1.807) is 24.9 Å². The largest absolute Gasteiger partial charge is 0.492 e. The zero-order chi connectivity index (χ0) is 14.9. The molecule has 1 aromatic carbocycles. The lowest BCUT2D eigenvalue weighted by molar-refractivity contribution is 0.0785. The SMILES string of the molecule is CCOc1ccc(C(=O)N(C)C2CC2)cc1S(=O)(=O)Cl. The van der Waals surface area contributed by atoms with Crippen LogP contribution in [0.25, 0.3) is 0 Å². The van der Waals surface area contributed by atoms with Crippen molar-refractivity contribution in [2.24, 2.45) is 0 Å². The van der Waals surface area contributed by atoms with Gasteiger partial charge in [-0.2, -0.15) is 0 Å². The Labute approximate surface area is 122 Å². The molecule has 7 heteroatoms. The topological polar surface area (TPSA) is 63.7 Å². The maximum absolute atomic E-state index is 12.2. The lowest BCUT2D eigenvalue weighted by Gasteiger charge is -2.17. The van der Waals surface area contributed by atoms with Crippen LogP contribution < -0.4 is 4.74 Å². The number of hydrogen-bond donors (Lipinski definition) is 0. The maximum Gasteiger partial charge on any atom is 0.265 e. The van der Waals surface area contributed by atoms with Crippen molar-refractivity contribution in [2.45, 2.75) is 30.7 Å². The van der Waals surface area contributed by atoms with Gasteiger partial charge in [0.05, 0.1) is 6.61 Å². The highest BCUT2D eigenvalue weighted by molar-refractivity contribution is 8.13. The molecule has 2 rings (SSSR count). The van der Waals surface area contributed by atoms with E-state index in [-0.39, 0.29) is 22.6 Å². The first-order valence-electron chi connectivity index (χ1n) is 6.33. The molecule has 0 aromatic heterocycles. The number of rotatable bonds is 5. The minimum absolute atomic E-state index is 0.160. The molecule has 0 spiro atoms. The van der Waals surface area contributed by atoms with E-state index < -0.39 is 9.05 Å². The molecule has 1 amide bonds. The number of nitrogens with zero attached hydrogens (tertiary/aromatic N) is 1. The summed E-state index contributed by atoms with van der Waals surface area (Å²) < 4.78 is 28.4. The molecule has 1 aliphatic carbocycles. The normalized spacial score (nSPS) is 14.9. The van der Waals surface area contributed by atoms with E-state index in [1.165, 1.54) is 12.1 Å². The van der Waals surface area contributed by atoms with E-state index in [2.05, 4.69) is 0 Å². The van der Waals surface area contributed by atoms with Crippen LogP contribution in [-0.4, -0.2) is 38.9 Å². The van der Waals surface area contributed by atoms with E-state index in [1.807, 2.05) is 0 Å². The molecule has 1 aliphatic rings. The third kappa shape index (κ3) is 3.24. The third-order valence-corrected chi connectivity index (χ3v) is 4.51. The summed E-state index contributed by atoms with van der Waals surface area (Å²) in [6.07, 6.45) is 1.97. The molecular formula is C13H16ClNO4S. The Morgan fingerprint density at radius 2 is 2.10 bits per heavy atom. The van der Waals surface area contributed by atoms with Crippen LogP contribution in [0.15, 0.2) is 23.1 Å². The lowest BCUT2D eigenvalue weighted by Crippen LogP contribution is -2.28. The molecule has 0 radical (unpaired) electrons. The van der Waals surface area contributed by atoms with Gasteiger partial charge in [-0.25, -0.2) is 8.42 Å². The van der Waals surface area contributed by atoms with Crippen molar-refractivity contribution in [2.75, 3.05) is 13.7 Å². The van der Waals surface area contributed by atoms with Crippen molar-refractivity contribution in [3.8, 4) is 5.75 Å². The predicted molar refractivity (Wildman–Crippen MR) is 75.8 cm³/mol. The molecule has 0 N–H and O–H groups in total.